The van der Waals surface area contributed by atoms with Crippen LogP contribution in [0.15, 0.2) is 42.5 Å². The summed E-state index contributed by atoms with van der Waals surface area (Å²) in [6.45, 7) is 11.9. The number of nitrogens with zero attached hydrogens (tertiary/aromatic N) is 1. The van der Waals surface area contributed by atoms with Gasteiger partial charge in [0.1, 0.15) is 0 Å². The predicted molar refractivity (Wildman–Crippen MR) is 113 cm³/mol. The van der Waals surface area contributed by atoms with Crippen LogP contribution in [0.25, 0.3) is 10.9 Å². The van der Waals surface area contributed by atoms with Gasteiger partial charge in [-0.1, -0.05) is 51.1 Å². The lowest BCUT2D eigenvalue weighted by molar-refractivity contribution is 0.214. The van der Waals surface area contributed by atoms with Gasteiger partial charge in [0, 0.05) is 28.6 Å². The Balaban J connectivity index is 1.85. The second kappa shape index (κ2) is 6.44. The molecule has 0 aliphatic heterocycles. The highest BCUT2D eigenvalue weighted by atomic mass is 15.0. The van der Waals surface area contributed by atoms with Gasteiger partial charge in [-0.2, -0.15) is 0 Å². The highest BCUT2D eigenvalue weighted by molar-refractivity contribution is 5.87. The Morgan fingerprint density at radius 1 is 1.12 bits per heavy atom. The molecule has 0 saturated carbocycles. The fourth-order valence-corrected chi connectivity index (χ4v) is 5.00. The minimum absolute atomic E-state index is 0.387. The van der Waals surface area contributed by atoms with Gasteiger partial charge < -0.3 is 4.57 Å². The first-order valence-electron chi connectivity index (χ1n) is 10.3. The maximum absolute atomic E-state index is 2.62. The van der Waals surface area contributed by atoms with E-state index in [1.165, 1.54) is 35.7 Å². The van der Waals surface area contributed by atoms with Gasteiger partial charge in [-0.15, -0.1) is 0 Å². The third kappa shape index (κ3) is 2.96. The van der Waals surface area contributed by atoms with E-state index < -0.39 is 0 Å². The Morgan fingerprint density at radius 2 is 1.92 bits per heavy atom. The summed E-state index contributed by atoms with van der Waals surface area (Å²) in [5.74, 6) is 1.31. The molecule has 2 aliphatic carbocycles. The molecule has 1 aromatic heterocycles. The number of rotatable bonds is 2. The summed E-state index contributed by atoms with van der Waals surface area (Å²) in [5, 5.41) is 1.52. The Kier molecular flexibility index (Phi) is 4.37. The zero-order valence-electron chi connectivity index (χ0n) is 17.0. The van der Waals surface area contributed by atoms with E-state index in [1.54, 1.807) is 11.3 Å². The van der Waals surface area contributed by atoms with E-state index in [4.69, 9.17) is 0 Å². The molecular weight excluding hydrogens is 314 g/mol. The van der Waals surface area contributed by atoms with Crippen LogP contribution < -0.4 is 0 Å². The largest absolute Gasteiger partial charge is 0.342 e. The minimum Gasteiger partial charge on any atom is -0.342 e. The van der Waals surface area contributed by atoms with Crippen molar-refractivity contribution in [3.63, 3.8) is 0 Å². The smallest absolute Gasteiger partial charge is 0.0488 e. The van der Waals surface area contributed by atoms with Crippen LogP contribution in [-0.2, 0) is 12.8 Å². The number of hydrogen-bond acceptors (Lipinski definition) is 0. The van der Waals surface area contributed by atoms with Gasteiger partial charge >= 0.3 is 0 Å². The van der Waals surface area contributed by atoms with Crippen molar-refractivity contribution in [3.05, 3.63) is 59.3 Å². The molecule has 1 aromatic carbocycles. The maximum Gasteiger partial charge on any atom is 0.0488 e. The molecule has 0 saturated heterocycles. The van der Waals surface area contributed by atoms with Gasteiger partial charge in [-0.3, -0.25) is 0 Å². The van der Waals surface area contributed by atoms with E-state index in [1.807, 2.05) is 0 Å². The van der Waals surface area contributed by atoms with Gasteiger partial charge in [-0.05, 0) is 74.1 Å². The number of benzene rings is 1. The summed E-state index contributed by atoms with van der Waals surface area (Å²) in [7, 11) is 0. The summed E-state index contributed by atoms with van der Waals surface area (Å²) in [4.78, 5) is 0. The van der Waals surface area contributed by atoms with Crippen LogP contribution in [0.3, 0.4) is 0 Å². The van der Waals surface area contributed by atoms with Crippen LogP contribution in [0.2, 0.25) is 0 Å². The van der Waals surface area contributed by atoms with E-state index in [9.17, 15) is 0 Å². The second-order valence-corrected chi connectivity index (χ2v) is 9.63. The van der Waals surface area contributed by atoms with Gasteiger partial charge in [0.05, 0.1) is 0 Å². The van der Waals surface area contributed by atoms with Gasteiger partial charge in [0.25, 0.3) is 0 Å². The topological polar surface area (TPSA) is 4.93 Å². The summed E-state index contributed by atoms with van der Waals surface area (Å²) in [6.07, 6.45) is 13.9. The van der Waals surface area contributed by atoms with Crippen molar-refractivity contribution in [2.45, 2.75) is 72.3 Å². The van der Waals surface area contributed by atoms with Gasteiger partial charge in [0.2, 0.25) is 0 Å². The SMILES string of the molecule is CC(C)n1c2c(c3cc(C4C=CC=CC4)ccc31)C[C@@H](C(C)(C)C)CC2. The average Bonchev–Trinajstić information content (AvgIpc) is 2.95. The van der Waals surface area contributed by atoms with E-state index in [2.05, 4.69) is 81.7 Å². The number of aromatic nitrogens is 1. The molecule has 138 valence electrons. The number of fused-ring (bicyclic) bond motifs is 3. The Bertz CT molecular complexity index is 870. The molecule has 26 heavy (non-hydrogen) atoms. The van der Waals surface area contributed by atoms with E-state index in [-0.39, 0.29) is 0 Å². The monoisotopic (exact) mass is 347 g/mol. The normalized spacial score (nSPS) is 23.0. The summed E-state index contributed by atoms with van der Waals surface area (Å²) in [6, 6.07) is 7.78. The van der Waals surface area contributed by atoms with Crippen LogP contribution in [0, 0.1) is 11.3 Å². The zero-order valence-corrected chi connectivity index (χ0v) is 17.0. The first kappa shape index (κ1) is 17.6. The molecule has 1 unspecified atom stereocenters. The average molecular weight is 348 g/mol. The fraction of sp³-hybridized carbons (Fsp3) is 0.520. The molecule has 0 radical (unpaired) electrons. The predicted octanol–water partition coefficient (Wildman–Crippen LogP) is 6.97. The molecular formula is C25H33N. The zero-order chi connectivity index (χ0) is 18.5. The molecule has 4 rings (SSSR count). The molecule has 1 heterocycles. The minimum atomic E-state index is 0.387. The van der Waals surface area contributed by atoms with E-state index in [0.29, 0.717) is 17.4 Å². The molecule has 2 aromatic rings. The van der Waals surface area contributed by atoms with Crippen molar-refractivity contribution in [1.82, 2.24) is 4.57 Å². The first-order valence-corrected chi connectivity index (χ1v) is 10.3. The molecule has 0 N–H and O–H groups in total. The lowest BCUT2D eigenvalue weighted by Crippen LogP contribution is -2.27. The molecule has 0 bridgehead atoms. The lowest BCUT2D eigenvalue weighted by Gasteiger charge is -2.34. The summed E-state index contributed by atoms with van der Waals surface area (Å²) in [5.41, 5.74) is 6.54. The van der Waals surface area contributed by atoms with Crippen molar-refractivity contribution < 1.29 is 0 Å². The molecule has 0 amide bonds. The van der Waals surface area contributed by atoms with Crippen LogP contribution in [0.5, 0.6) is 0 Å². The molecule has 0 fully saturated rings. The molecule has 2 atom stereocenters. The molecule has 0 spiro atoms. The number of allylic oxidation sites excluding steroid dienone is 4. The van der Waals surface area contributed by atoms with Crippen molar-refractivity contribution >= 4 is 10.9 Å². The maximum atomic E-state index is 2.62. The third-order valence-corrected chi connectivity index (χ3v) is 6.57. The summed E-state index contributed by atoms with van der Waals surface area (Å²) >= 11 is 0. The highest BCUT2D eigenvalue weighted by Gasteiger charge is 2.32. The fourth-order valence-electron chi connectivity index (χ4n) is 5.00. The lowest BCUT2D eigenvalue weighted by atomic mass is 9.71. The van der Waals surface area contributed by atoms with Crippen molar-refractivity contribution in [3.8, 4) is 0 Å². The van der Waals surface area contributed by atoms with Crippen LogP contribution >= 0.6 is 0 Å². The Morgan fingerprint density at radius 3 is 2.58 bits per heavy atom. The van der Waals surface area contributed by atoms with Crippen molar-refractivity contribution in [1.29, 1.82) is 0 Å². The number of hydrogen-bond donors (Lipinski definition) is 0. The van der Waals surface area contributed by atoms with Crippen LogP contribution in [0.4, 0.5) is 0 Å². The van der Waals surface area contributed by atoms with E-state index >= 15 is 0 Å². The van der Waals surface area contributed by atoms with Crippen LogP contribution in [0.1, 0.15) is 76.2 Å². The van der Waals surface area contributed by atoms with Gasteiger partial charge in [0.15, 0.2) is 0 Å². The van der Waals surface area contributed by atoms with Crippen molar-refractivity contribution in [2.75, 3.05) is 0 Å². The van der Waals surface area contributed by atoms with Gasteiger partial charge in [-0.25, -0.2) is 0 Å². The molecule has 1 heteroatoms. The standard InChI is InChI=1S/C25H33N/c1-17(2)26-23-13-11-19(18-9-7-6-8-10-18)15-21(23)22-16-20(25(3,4)5)12-14-24(22)26/h6-9,11,13,15,17-18,20H,10,12,14,16H2,1-5H3/t18?,20-/m0/s1. The highest BCUT2D eigenvalue weighted by Crippen LogP contribution is 2.43. The Hall–Kier alpha value is -1.76. The first-order chi connectivity index (χ1) is 12.4. The third-order valence-electron chi connectivity index (χ3n) is 6.57. The second-order valence-electron chi connectivity index (χ2n) is 9.63. The van der Waals surface area contributed by atoms with E-state index in [0.717, 1.165) is 12.3 Å². The van der Waals surface area contributed by atoms with Crippen LogP contribution in [-0.4, -0.2) is 4.57 Å². The Labute approximate surface area is 158 Å². The summed E-state index contributed by atoms with van der Waals surface area (Å²) < 4.78 is 2.62. The molecule has 1 nitrogen and oxygen atoms in total. The molecule has 2 aliphatic rings. The van der Waals surface area contributed by atoms with Crippen molar-refractivity contribution in [2.24, 2.45) is 11.3 Å². The quantitative estimate of drug-likeness (QED) is 0.552.